The van der Waals surface area contributed by atoms with Gasteiger partial charge in [0.1, 0.15) is 0 Å². The second kappa shape index (κ2) is 4.99. The Kier molecular flexibility index (Phi) is 3.41. The number of nitrogens with zero attached hydrogens (tertiary/aromatic N) is 1. The first-order valence-electron chi connectivity index (χ1n) is 7.86. The topological polar surface area (TPSA) is 3.24 Å². The maximum Gasteiger partial charge on any atom is 0.0416 e. The van der Waals surface area contributed by atoms with Crippen LogP contribution in [-0.2, 0) is 17.5 Å². The Morgan fingerprint density at radius 1 is 0.714 bits per heavy atom. The van der Waals surface area contributed by atoms with Gasteiger partial charge in [-0.25, -0.2) is 0 Å². The lowest BCUT2D eigenvalue weighted by Crippen LogP contribution is -2.46. The summed E-state index contributed by atoms with van der Waals surface area (Å²) in [5.74, 6) is 0. The van der Waals surface area contributed by atoms with Gasteiger partial charge in [-0.3, -0.25) is 4.90 Å². The number of hydrogen-bond acceptors (Lipinski definition) is 1. The molecule has 0 amide bonds. The van der Waals surface area contributed by atoms with Crippen molar-refractivity contribution in [2.24, 2.45) is 0 Å². The lowest BCUT2D eigenvalue weighted by molar-refractivity contribution is 0.0415. The van der Waals surface area contributed by atoms with E-state index in [0.717, 1.165) is 13.0 Å². The van der Waals surface area contributed by atoms with Crippen LogP contribution in [0.3, 0.4) is 0 Å². The Morgan fingerprint density at radius 3 is 1.71 bits per heavy atom. The predicted molar refractivity (Wildman–Crippen MR) is 89.3 cm³/mol. The van der Waals surface area contributed by atoms with Crippen LogP contribution in [-0.4, -0.2) is 11.4 Å². The van der Waals surface area contributed by atoms with Crippen LogP contribution in [0.2, 0.25) is 0 Å². The monoisotopic (exact) mass is 279 g/mol. The second-order valence-electron chi connectivity index (χ2n) is 7.05. The van der Waals surface area contributed by atoms with Crippen LogP contribution >= 0.6 is 0 Å². The van der Waals surface area contributed by atoms with Crippen molar-refractivity contribution in [3.8, 4) is 0 Å². The van der Waals surface area contributed by atoms with E-state index in [1.54, 1.807) is 0 Å². The van der Waals surface area contributed by atoms with E-state index in [4.69, 9.17) is 0 Å². The van der Waals surface area contributed by atoms with Crippen molar-refractivity contribution in [2.45, 2.75) is 45.2 Å². The van der Waals surface area contributed by atoms with Crippen molar-refractivity contribution >= 4 is 0 Å². The van der Waals surface area contributed by atoms with Gasteiger partial charge in [-0.1, -0.05) is 54.6 Å². The summed E-state index contributed by atoms with van der Waals surface area (Å²) >= 11 is 0. The Morgan fingerprint density at radius 2 is 1.19 bits per heavy atom. The van der Waals surface area contributed by atoms with Gasteiger partial charge in [0, 0.05) is 17.6 Å². The molecule has 1 heteroatoms. The molecule has 0 aliphatic carbocycles. The highest BCUT2D eigenvalue weighted by molar-refractivity contribution is 5.43. The molecule has 0 spiro atoms. The van der Waals surface area contributed by atoms with Gasteiger partial charge in [-0.05, 0) is 50.8 Å². The summed E-state index contributed by atoms with van der Waals surface area (Å²) < 4.78 is 0. The molecule has 2 aromatic carbocycles. The fourth-order valence-electron chi connectivity index (χ4n) is 3.98. The zero-order valence-corrected chi connectivity index (χ0v) is 13.6. The highest BCUT2D eigenvalue weighted by atomic mass is 15.3. The molecule has 21 heavy (non-hydrogen) atoms. The van der Waals surface area contributed by atoms with E-state index in [1.165, 1.54) is 16.7 Å². The largest absolute Gasteiger partial charge is 0.285 e. The third-order valence-electron chi connectivity index (χ3n) is 5.06. The SMILES string of the molecule is CC1(C)c2ccccc2C(C)(C)N1CCc1ccccc1. The Labute approximate surface area is 128 Å². The smallest absolute Gasteiger partial charge is 0.0416 e. The fraction of sp³-hybridized carbons (Fsp3) is 0.400. The molecule has 0 N–H and O–H groups in total. The van der Waals surface area contributed by atoms with E-state index < -0.39 is 0 Å². The van der Waals surface area contributed by atoms with Crippen LogP contribution in [0.5, 0.6) is 0 Å². The van der Waals surface area contributed by atoms with Gasteiger partial charge < -0.3 is 0 Å². The molecule has 2 aromatic rings. The Hall–Kier alpha value is -1.60. The average Bonchev–Trinajstić information content (AvgIpc) is 2.62. The van der Waals surface area contributed by atoms with Crippen LogP contribution in [0.25, 0.3) is 0 Å². The van der Waals surface area contributed by atoms with E-state index in [2.05, 4.69) is 87.2 Å². The minimum Gasteiger partial charge on any atom is -0.285 e. The van der Waals surface area contributed by atoms with Gasteiger partial charge in [0.2, 0.25) is 0 Å². The normalized spacial score (nSPS) is 19.4. The van der Waals surface area contributed by atoms with Gasteiger partial charge in [-0.2, -0.15) is 0 Å². The quantitative estimate of drug-likeness (QED) is 0.786. The Balaban J connectivity index is 1.89. The second-order valence-corrected chi connectivity index (χ2v) is 7.05. The molecule has 0 radical (unpaired) electrons. The first-order valence-corrected chi connectivity index (χ1v) is 7.86. The maximum atomic E-state index is 2.65. The molecule has 3 rings (SSSR count). The van der Waals surface area contributed by atoms with Crippen LogP contribution < -0.4 is 0 Å². The molecule has 1 aliphatic rings. The number of hydrogen-bond donors (Lipinski definition) is 0. The molecule has 1 nitrogen and oxygen atoms in total. The highest BCUT2D eigenvalue weighted by Gasteiger charge is 2.48. The van der Waals surface area contributed by atoms with Crippen LogP contribution in [0.1, 0.15) is 44.4 Å². The van der Waals surface area contributed by atoms with E-state index in [1.807, 2.05) is 0 Å². The van der Waals surface area contributed by atoms with Gasteiger partial charge in [0.05, 0.1) is 0 Å². The zero-order chi connectivity index (χ0) is 15.1. The maximum absolute atomic E-state index is 2.65. The zero-order valence-electron chi connectivity index (χ0n) is 13.6. The van der Waals surface area contributed by atoms with Gasteiger partial charge >= 0.3 is 0 Å². The van der Waals surface area contributed by atoms with Crippen molar-refractivity contribution in [2.75, 3.05) is 6.54 Å². The van der Waals surface area contributed by atoms with Crippen molar-refractivity contribution in [3.05, 3.63) is 71.3 Å². The van der Waals surface area contributed by atoms with Crippen molar-refractivity contribution in [3.63, 3.8) is 0 Å². The lowest BCUT2D eigenvalue weighted by atomic mass is 9.91. The third-order valence-corrected chi connectivity index (χ3v) is 5.06. The number of benzene rings is 2. The molecule has 1 aliphatic heterocycles. The van der Waals surface area contributed by atoms with Crippen LogP contribution in [0, 0.1) is 0 Å². The van der Waals surface area contributed by atoms with Crippen molar-refractivity contribution < 1.29 is 0 Å². The molecule has 0 saturated carbocycles. The summed E-state index contributed by atoms with van der Waals surface area (Å²) in [4.78, 5) is 2.65. The van der Waals surface area contributed by atoms with Gasteiger partial charge in [0.25, 0.3) is 0 Å². The minimum atomic E-state index is 0.0921. The number of fused-ring (bicyclic) bond motifs is 1. The van der Waals surface area contributed by atoms with Gasteiger partial charge in [-0.15, -0.1) is 0 Å². The molecule has 0 fully saturated rings. The highest BCUT2D eigenvalue weighted by Crippen LogP contribution is 2.48. The predicted octanol–water partition coefficient (Wildman–Crippen LogP) is 4.72. The molecule has 0 atom stereocenters. The van der Waals surface area contributed by atoms with E-state index >= 15 is 0 Å². The molecule has 0 aromatic heterocycles. The summed E-state index contributed by atoms with van der Waals surface area (Å²) in [5.41, 5.74) is 4.55. The molecule has 0 unspecified atom stereocenters. The molecule has 0 bridgehead atoms. The number of rotatable bonds is 3. The first kappa shape index (κ1) is 14.3. The van der Waals surface area contributed by atoms with Crippen LogP contribution in [0.4, 0.5) is 0 Å². The van der Waals surface area contributed by atoms with Crippen LogP contribution in [0.15, 0.2) is 54.6 Å². The van der Waals surface area contributed by atoms with E-state index in [0.29, 0.717) is 0 Å². The summed E-state index contributed by atoms with van der Waals surface area (Å²) in [6.45, 7) is 10.5. The third kappa shape index (κ3) is 2.30. The molecule has 0 saturated heterocycles. The minimum absolute atomic E-state index is 0.0921. The van der Waals surface area contributed by atoms with Gasteiger partial charge in [0.15, 0.2) is 0 Å². The Bertz CT molecular complexity index is 590. The molecular weight excluding hydrogens is 254 g/mol. The van der Waals surface area contributed by atoms with E-state index in [-0.39, 0.29) is 11.1 Å². The summed E-state index contributed by atoms with van der Waals surface area (Å²) in [7, 11) is 0. The average molecular weight is 279 g/mol. The van der Waals surface area contributed by atoms with E-state index in [9.17, 15) is 0 Å². The fourth-order valence-corrected chi connectivity index (χ4v) is 3.98. The van der Waals surface area contributed by atoms with Crippen molar-refractivity contribution in [1.29, 1.82) is 0 Å². The lowest BCUT2D eigenvalue weighted by Gasteiger charge is -2.41. The molecule has 110 valence electrons. The molecular formula is C20H25N. The standard InChI is InChI=1S/C20H25N/c1-19(2)17-12-8-9-13-18(17)20(3,4)21(19)15-14-16-10-6-5-7-11-16/h5-13H,14-15H2,1-4H3. The summed E-state index contributed by atoms with van der Waals surface area (Å²) in [5, 5.41) is 0. The first-order chi connectivity index (χ1) is 9.94. The summed E-state index contributed by atoms with van der Waals surface area (Å²) in [6.07, 6.45) is 1.10. The van der Waals surface area contributed by atoms with Crippen molar-refractivity contribution in [1.82, 2.24) is 4.90 Å². The molecule has 1 heterocycles. The summed E-state index contributed by atoms with van der Waals surface area (Å²) in [6, 6.07) is 19.7.